The van der Waals surface area contributed by atoms with Gasteiger partial charge >= 0.3 is 5.63 Å². The number of rotatable bonds is 9. The van der Waals surface area contributed by atoms with Gasteiger partial charge in [-0.25, -0.2) is 18.6 Å². The summed E-state index contributed by atoms with van der Waals surface area (Å²) in [6.45, 7) is 2.01. The number of anilines is 1. The molecule has 37 heavy (non-hydrogen) atoms. The van der Waals surface area contributed by atoms with Crippen molar-refractivity contribution in [1.29, 1.82) is 0 Å². The molecule has 0 radical (unpaired) electrons. The lowest BCUT2D eigenvalue weighted by Gasteiger charge is -2.13. The van der Waals surface area contributed by atoms with Gasteiger partial charge in [0.25, 0.3) is 16.1 Å². The first-order valence-electron chi connectivity index (χ1n) is 11.6. The summed E-state index contributed by atoms with van der Waals surface area (Å²) in [6.07, 6.45) is 3.21. The normalized spacial score (nSPS) is 13.6. The lowest BCUT2D eigenvalue weighted by Crippen LogP contribution is -2.32. The van der Waals surface area contributed by atoms with Crippen molar-refractivity contribution in [1.82, 2.24) is 9.71 Å². The number of fused-ring (bicyclic) bond motifs is 1. The molecule has 2 heterocycles. The van der Waals surface area contributed by atoms with Crippen LogP contribution in [0, 0.1) is 24.5 Å². The molecule has 0 bridgehead atoms. The van der Waals surface area contributed by atoms with Gasteiger partial charge in [-0.3, -0.25) is 4.72 Å². The van der Waals surface area contributed by atoms with Crippen LogP contribution in [0.5, 0.6) is 11.6 Å². The van der Waals surface area contributed by atoms with Gasteiger partial charge in [-0.15, -0.1) is 0 Å². The first-order valence-corrected chi connectivity index (χ1v) is 13.1. The molecular weight excluding hydrogens is 504 g/mol. The molecule has 2 N–H and O–H groups in total. The van der Waals surface area contributed by atoms with Crippen molar-refractivity contribution in [3.63, 3.8) is 0 Å². The van der Waals surface area contributed by atoms with Crippen molar-refractivity contribution < 1.29 is 26.4 Å². The van der Waals surface area contributed by atoms with Crippen molar-refractivity contribution >= 4 is 26.9 Å². The fraction of sp³-hybridized carbons (Fsp3) is 0.231. The minimum Gasteiger partial charge on any atom is -0.436 e. The highest BCUT2D eigenvalue weighted by molar-refractivity contribution is 7.90. The van der Waals surface area contributed by atoms with Crippen LogP contribution in [0.4, 0.5) is 14.5 Å². The molecule has 0 aliphatic heterocycles. The summed E-state index contributed by atoms with van der Waals surface area (Å²) in [6, 6.07) is 11.6. The molecule has 1 aliphatic rings. The number of aromatic nitrogens is 1. The zero-order chi connectivity index (χ0) is 26.2. The number of pyridine rings is 1. The van der Waals surface area contributed by atoms with E-state index in [0.717, 1.165) is 12.8 Å². The van der Waals surface area contributed by atoms with Crippen molar-refractivity contribution in [2.75, 3.05) is 11.3 Å². The third-order valence-electron chi connectivity index (χ3n) is 6.15. The minimum atomic E-state index is -3.94. The predicted octanol–water partition coefficient (Wildman–Crippen LogP) is 4.81. The molecule has 8 nitrogen and oxygen atoms in total. The van der Waals surface area contributed by atoms with E-state index >= 15 is 4.39 Å². The fourth-order valence-electron chi connectivity index (χ4n) is 3.92. The Kier molecular flexibility index (Phi) is 6.65. The third-order valence-corrected chi connectivity index (χ3v) is 7.18. The van der Waals surface area contributed by atoms with E-state index in [0.29, 0.717) is 23.4 Å². The SMILES string of the molecule is Cc1c(Cc2cccc(NS(=O)(=O)NCC3CC3)c2F)c(=O)oc2cc(Oc3ncccc3F)ccc12. The first-order chi connectivity index (χ1) is 17.7. The van der Waals surface area contributed by atoms with Crippen LogP contribution in [-0.2, 0) is 16.6 Å². The Balaban J connectivity index is 1.40. The van der Waals surface area contributed by atoms with Crippen LogP contribution in [0.3, 0.4) is 0 Å². The first kappa shape index (κ1) is 24.8. The van der Waals surface area contributed by atoms with Crippen LogP contribution in [0.15, 0.2) is 63.9 Å². The second-order valence-electron chi connectivity index (χ2n) is 8.90. The Morgan fingerprint density at radius 2 is 1.95 bits per heavy atom. The van der Waals surface area contributed by atoms with E-state index in [1.54, 1.807) is 19.1 Å². The topological polar surface area (TPSA) is 111 Å². The lowest BCUT2D eigenvalue weighted by atomic mass is 9.99. The number of benzene rings is 2. The largest absolute Gasteiger partial charge is 0.436 e. The lowest BCUT2D eigenvalue weighted by molar-refractivity contribution is 0.422. The molecular formula is C26H23F2N3O5S. The second kappa shape index (κ2) is 9.91. The Morgan fingerprint density at radius 3 is 2.70 bits per heavy atom. The van der Waals surface area contributed by atoms with E-state index in [-0.39, 0.29) is 40.4 Å². The van der Waals surface area contributed by atoms with Crippen molar-refractivity contribution in [2.45, 2.75) is 26.2 Å². The molecule has 2 aromatic carbocycles. The number of aryl methyl sites for hydroxylation is 1. The molecule has 0 unspecified atom stereocenters. The van der Waals surface area contributed by atoms with Gasteiger partial charge in [0.2, 0.25) is 0 Å². The molecule has 11 heteroatoms. The zero-order valence-corrected chi connectivity index (χ0v) is 20.6. The maximum absolute atomic E-state index is 15.2. The molecule has 1 saturated carbocycles. The van der Waals surface area contributed by atoms with E-state index in [1.165, 1.54) is 42.6 Å². The summed E-state index contributed by atoms with van der Waals surface area (Å²) in [5, 5.41) is 0.588. The number of hydrogen-bond donors (Lipinski definition) is 2. The fourth-order valence-corrected chi connectivity index (χ4v) is 4.89. The number of nitrogens with one attached hydrogen (secondary N) is 2. The van der Waals surface area contributed by atoms with Crippen LogP contribution in [-0.4, -0.2) is 19.9 Å². The monoisotopic (exact) mass is 527 g/mol. The van der Waals surface area contributed by atoms with E-state index in [2.05, 4.69) is 14.4 Å². The maximum atomic E-state index is 15.2. The predicted molar refractivity (Wildman–Crippen MR) is 134 cm³/mol. The molecule has 4 aromatic rings. The highest BCUT2D eigenvalue weighted by Gasteiger charge is 2.24. The molecule has 0 amide bonds. The van der Waals surface area contributed by atoms with Gasteiger partial charge in [0.1, 0.15) is 11.3 Å². The summed E-state index contributed by atoms with van der Waals surface area (Å²) in [5.41, 5.74) is 0.238. The Hall–Kier alpha value is -3.83. The number of halogens is 2. The highest BCUT2D eigenvalue weighted by Crippen LogP contribution is 2.30. The summed E-state index contributed by atoms with van der Waals surface area (Å²) in [7, 11) is -3.94. The van der Waals surface area contributed by atoms with Gasteiger partial charge in [0.15, 0.2) is 11.6 Å². The van der Waals surface area contributed by atoms with Gasteiger partial charge in [-0.1, -0.05) is 12.1 Å². The average Bonchev–Trinajstić information content (AvgIpc) is 3.69. The Bertz CT molecular complexity index is 1650. The van der Waals surface area contributed by atoms with Crippen LogP contribution in [0.25, 0.3) is 11.0 Å². The quantitative estimate of drug-likeness (QED) is 0.302. The average molecular weight is 528 g/mol. The number of nitrogens with zero attached hydrogens (tertiary/aromatic N) is 1. The molecule has 192 valence electrons. The van der Waals surface area contributed by atoms with Crippen molar-refractivity contribution in [2.24, 2.45) is 5.92 Å². The molecule has 0 saturated heterocycles. The summed E-state index contributed by atoms with van der Waals surface area (Å²) in [4.78, 5) is 16.7. The highest BCUT2D eigenvalue weighted by atomic mass is 32.2. The van der Waals surface area contributed by atoms with E-state index < -0.39 is 27.5 Å². The Morgan fingerprint density at radius 1 is 1.14 bits per heavy atom. The maximum Gasteiger partial charge on any atom is 0.340 e. The van der Waals surface area contributed by atoms with E-state index in [1.807, 2.05) is 0 Å². The van der Waals surface area contributed by atoms with Crippen LogP contribution in [0.1, 0.15) is 29.5 Å². The third kappa shape index (κ3) is 5.62. The number of ether oxygens (including phenoxy) is 1. The van der Waals surface area contributed by atoms with Gasteiger partial charge in [-0.2, -0.15) is 13.1 Å². The summed E-state index contributed by atoms with van der Waals surface area (Å²) in [5.74, 6) is -1.09. The van der Waals surface area contributed by atoms with E-state index in [4.69, 9.17) is 9.15 Å². The minimum absolute atomic E-state index is 0.113. The molecule has 0 atom stereocenters. The van der Waals surface area contributed by atoms with Crippen molar-refractivity contribution in [3.8, 4) is 11.6 Å². The van der Waals surface area contributed by atoms with Gasteiger partial charge in [0, 0.05) is 36.2 Å². The smallest absolute Gasteiger partial charge is 0.340 e. The Labute approximate surface area is 211 Å². The zero-order valence-electron chi connectivity index (χ0n) is 19.8. The van der Waals surface area contributed by atoms with Crippen LogP contribution in [0.2, 0.25) is 0 Å². The van der Waals surface area contributed by atoms with Crippen molar-refractivity contribution in [3.05, 3.63) is 93.5 Å². The molecule has 1 aliphatic carbocycles. The van der Waals surface area contributed by atoms with Gasteiger partial charge < -0.3 is 9.15 Å². The van der Waals surface area contributed by atoms with Gasteiger partial charge in [-0.05, 0) is 67.1 Å². The molecule has 5 rings (SSSR count). The molecule has 0 spiro atoms. The van der Waals surface area contributed by atoms with Crippen LogP contribution >= 0.6 is 0 Å². The summed E-state index contributed by atoms with van der Waals surface area (Å²) >= 11 is 0. The summed E-state index contributed by atoms with van der Waals surface area (Å²) < 4.78 is 69.2. The standard InChI is InChI=1S/C26H23F2N3O5S/c1-15-19-10-9-18(35-25-21(27)5-3-11-29-25)13-23(19)36-26(32)20(15)12-17-4-2-6-22(24(17)28)31-37(33,34)30-14-16-7-8-16/h2-6,9-11,13,16,30-31H,7-8,12,14H2,1H3. The van der Waals surface area contributed by atoms with E-state index in [9.17, 15) is 17.6 Å². The molecule has 1 fully saturated rings. The number of hydrogen-bond acceptors (Lipinski definition) is 6. The van der Waals surface area contributed by atoms with Crippen LogP contribution < -0.4 is 19.8 Å². The van der Waals surface area contributed by atoms with Gasteiger partial charge in [0.05, 0.1) is 5.69 Å². The molecule has 2 aromatic heterocycles. The second-order valence-corrected chi connectivity index (χ2v) is 10.4.